The van der Waals surface area contributed by atoms with E-state index in [1.165, 1.54) is 29.3 Å². The van der Waals surface area contributed by atoms with Crippen LogP contribution in [0, 0.1) is 17.0 Å². The minimum absolute atomic E-state index is 0.115. The van der Waals surface area contributed by atoms with Crippen LogP contribution in [0.15, 0.2) is 96.8 Å². The standard InChI is InChI=1S/C31H22N4O6S/c1-18-14-20(9-12-24(18)41-17-19-6-3-2-4-7-19)28(36)26-27(21-8-5-13-32-16-21)34(30(38)29(26)37)31-33-23-11-10-22(35(39)40)15-25(23)42-31/h2-16,27,36H,17H2,1H3/b28-26+. The molecule has 6 rings (SSSR count). The Hall–Kier alpha value is -5.42. The number of amides is 1. The van der Waals surface area contributed by atoms with E-state index in [0.29, 0.717) is 33.7 Å². The van der Waals surface area contributed by atoms with E-state index in [9.17, 15) is 24.8 Å². The summed E-state index contributed by atoms with van der Waals surface area (Å²) in [5, 5.41) is 22.9. The van der Waals surface area contributed by atoms with Gasteiger partial charge in [0.25, 0.3) is 11.5 Å². The van der Waals surface area contributed by atoms with Crippen LogP contribution in [-0.4, -0.2) is 31.7 Å². The number of ketones is 1. The van der Waals surface area contributed by atoms with Gasteiger partial charge in [0.2, 0.25) is 0 Å². The minimum atomic E-state index is -1.02. The Labute approximate surface area is 243 Å². The summed E-state index contributed by atoms with van der Waals surface area (Å²) in [5.41, 5.74) is 2.77. The van der Waals surface area contributed by atoms with E-state index in [4.69, 9.17) is 4.74 Å². The van der Waals surface area contributed by atoms with Gasteiger partial charge in [-0.25, -0.2) is 4.98 Å². The summed E-state index contributed by atoms with van der Waals surface area (Å²) in [6.45, 7) is 2.19. The van der Waals surface area contributed by atoms with Crippen molar-refractivity contribution in [1.29, 1.82) is 0 Å². The molecule has 11 heteroatoms. The lowest BCUT2D eigenvalue weighted by Gasteiger charge is -2.22. The molecule has 1 atom stereocenters. The highest BCUT2D eigenvalue weighted by molar-refractivity contribution is 7.22. The van der Waals surface area contributed by atoms with Gasteiger partial charge in [-0.1, -0.05) is 47.7 Å². The summed E-state index contributed by atoms with van der Waals surface area (Å²) < 4.78 is 6.43. The van der Waals surface area contributed by atoms with Crippen LogP contribution >= 0.6 is 11.3 Å². The third-order valence-electron chi connectivity index (χ3n) is 6.91. The van der Waals surface area contributed by atoms with Gasteiger partial charge in [0.15, 0.2) is 5.13 Å². The van der Waals surface area contributed by atoms with E-state index in [-0.39, 0.29) is 22.2 Å². The number of Topliss-reactive ketones (excluding diaryl/α,β-unsaturated/α-hetero) is 1. The Bertz CT molecular complexity index is 1890. The van der Waals surface area contributed by atoms with Crippen molar-refractivity contribution in [3.63, 3.8) is 0 Å². The van der Waals surface area contributed by atoms with Gasteiger partial charge in [-0.05, 0) is 53.9 Å². The Morgan fingerprint density at radius 1 is 1.07 bits per heavy atom. The van der Waals surface area contributed by atoms with Gasteiger partial charge >= 0.3 is 5.91 Å². The SMILES string of the molecule is Cc1cc(/C(O)=C2\C(=O)C(=O)N(c3nc4ccc([N+](=O)[O-])cc4s3)C2c2cccnc2)ccc1OCc1ccccc1. The number of hydrogen-bond donors (Lipinski definition) is 1. The molecule has 0 saturated carbocycles. The molecule has 1 N–H and O–H groups in total. The van der Waals surface area contributed by atoms with E-state index in [2.05, 4.69) is 9.97 Å². The van der Waals surface area contributed by atoms with Crippen LogP contribution in [0.3, 0.4) is 0 Å². The second-order valence-corrected chi connectivity index (χ2v) is 10.6. The molecule has 208 valence electrons. The molecule has 0 aliphatic carbocycles. The molecule has 0 spiro atoms. The van der Waals surface area contributed by atoms with Gasteiger partial charge in [-0.15, -0.1) is 0 Å². The maximum Gasteiger partial charge on any atom is 0.301 e. The number of aliphatic hydroxyl groups excluding tert-OH is 1. The summed E-state index contributed by atoms with van der Waals surface area (Å²) >= 11 is 1.04. The van der Waals surface area contributed by atoms with Gasteiger partial charge in [-0.2, -0.15) is 0 Å². The molecule has 3 aromatic carbocycles. The summed E-state index contributed by atoms with van der Waals surface area (Å²) in [6.07, 6.45) is 3.07. The van der Waals surface area contributed by atoms with Crippen LogP contribution < -0.4 is 9.64 Å². The van der Waals surface area contributed by atoms with Crippen LogP contribution in [-0.2, 0) is 16.2 Å². The highest BCUT2D eigenvalue weighted by Gasteiger charge is 2.48. The first-order valence-corrected chi connectivity index (χ1v) is 13.7. The first-order valence-electron chi connectivity index (χ1n) is 12.9. The molecule has 1 aliphatic rings. The molecule has 5 aromatic rings. The molecule has 1 amide bonds. The quantitative estimate of drug-likeness (QED) is 0.0803. The van der Waals surface area contributed by atoms with Gasteiger partial charge in [0, 0.05) is 30.1 Å². The van der Waals surface area contributed by atoms with Crippen LogP contribution in [0.5, 0.6) is 5.75 Å². The third kappa shape index (κ3) is 4.86. The molecule has 3 heterocycles. The highest BCUT2D eigenvalue weighted by atomic mass is 32.1. The predicted molar refractivity (Wildman–Crippen MR) is 157 cm³/mol. The van der Waals surface area contributed by atoms with E-state index < -0.39 is 22.7 Å². The number of benzene rings is 3. The van der Waals surface area contributed by atoms with Crippen molar-refractivity contribution < 1.29 is 24.4 Å². The first kappa shape index (κ1) is 26.8. The summed E-state index contributed by atoms with van der Waals surface area (Å²) in [7, 11) is 0. The number of hydrogen-bond acceptors (Lipinski definition) is 9. The number of anilines is 1. The number of nitrogens with zero attached hydrogens (tertiary/aromatic N) is 4. The molecule has 42 heavy (non-hydrogen) atoms. The first-order chi connectivity index (χ1) is 20.3. The lowest BCUT2D eigenvalue weighted by Crippen LogP contribution is -2.29. The third-order valence-corrected chi connectivity index (χ3v) is 7.93. The van der Waals surface area contributed by atoms with Crippen LogP contribution in [0.4, 0.5) is 10.8 Å². The maximum atomic E-state index is 13.5. The zero-order valence-corrected chi connectivity index (χ0v) is 22.9. The predicted octanol–water partition coefficient (Wildman–Crippen LogP) is 6.11. The number of nitro benzene ring substituents is 1. The largest absolute Gasteiger partial charge is 0.507 e. The summed E-state index contributed by atoms with van der Waals surface area (Å²) in [4.78, 5) is 47.6. The second kappa shape index (κ2) is 10.9. The number of fused-ring (bicyclic) bond motifs is 1. The lowest BCUT2D eigenvalue weighted by atomic mass is 9.96. The molecule has 1 fully saturated rings. The number of non-ortho nitro benzene ring substituents is 1. The summed E-state index contributed by atoms with van der Waals surface area (Å²) in [6, 6.07) is 21.3. The molecule has 1 unspecified atom stereocenters. The number of ether oxygens (including phenoxy) is 1. The van der Waals surface area contributed by atoms with Crippen molar-refractivity contribution in [2.75, 3.05) is 4.90 Å². The number of rotatable bonds is 7. The zero-order valence-electron chi connectivity index (χ0n) is 22.1. The Morgan fingerprint density at radius 3 is 2.60 bits per heavy atom. The molecular formula is C31H22N4O6S. The topological polar surface area (TPSA) is 136 Å². The van der Waals surface area contributed by atoms with E-state index in [0.717, 1.165) is 22.5 Å². The normalized spacial score (nSPS) is 16.2. The van der Waals surface area contributed by atoms with Crippen molar-refractivity contribution in [2.24, 2.45) is 0 Å². The van der Waals surface area contributed by atoms with E-state index in [1.54, 1.807) is 36.5 Å². The van der Waals surface area contributed by atoms with Crippen molar-refractivity contribution in [3.05, 3.63) is 129 Å². The fourth-order valence-electron chi connectivity index (χ4n) is 4.85. The van der Waals surface area contributed by atoms with Crippen LogP contribution in [0.25, 0.3) is 16.0 Å². The molecule has 0 radical (unpaired) electrons. The van der Waals surface area contributed by atoms with Crippen LogP contribution in [0.2, 0.25) is 0 Å². The van der Waals surface area contributed by atoms with Gasteiger partial charge < -0.3 is 9.84 Å². The maximum absolute atomic E-state index is 13.5. The van der Waals surface area contributed by atoms with Gasteiger partial charge in [0.1, 0.15) is 18.1 Å². The summed E-state index contributed by atoms with van der Waals surface area (Å²) in [5.74, 6) is -1.49. The van der Waals surface area contributed by atoms with Crippen molar-refractivity contribution in [2.45, 2.75) is 19.6 Å². The number of nitro groups is 1. The molecule has 1 aliphatic heterocycles. The van der Waals surface area contributed by atoms with Gasteiger partial charge in [-0.3, -0.25) is 29.6 Å². The number of aromatic nitrogens is 2. The molecular weight excluding hydrogens is 556 g/mol. The van der Waals surface area contributed by atoms with E-state index in [1.807, 2.05) is 37.3 Å². The highest BCUT2D eigenvalue weighted by Crippen LogP contribution is 2.44. The van der Waals surface area contributed by atoms with Crippen molar-refractivity contribution >= 4 is 49.8 Å². The number of carbonyl (C=O) groups excluding carboxylic acids is 2. The monoisotopic (exact) mass is 578 g/mol. The van der Waals surface area contributed by atoms with Gasteiger partial charge in [0.05, 0.1) is 26.8 Å². The number of aliphatic hydroxyl groups is 1. The van der Waals surface area contributed by atoms with E-state index >= 15 is 0 Å². The molecule has 2 aromatic heterocycles. The number of pyridine rings is 1. The second-order valence-electron chi connectivity index (χ2n) is 9.62. The smallest absolute Gasteiger partial charge is 0.301 e. The number of aryl methyl sites for hydroxylation is 1. The average molecular weight is 579 g/mol. The fraction of sp³-hybridized carbons (Fsp3) is 0.0968. The number of carbonyl (C=O) groups is 2. The zero-order chi connectivity index (χ0) is 29.4. The average Bonchev–Trinajstić information content (AvgIpc) is 3.54. The molecule has 10 nitrogen and oxygen atoms in total. The minimum Gasteiger partial charge on any atom is -0.507 e. The Kier molecular flexibility index (Phi) is 6.93. The fourth-order valence-corrected chi connectivity index (χ4v) is 5.88. The van der Waals surface area contributed by atoms with Crippen LogP contribution in [0.1, 0.15) is 28.3 Å². The Balaban J connectivity index is 1.41. The van der Waals surface area contributed by atoms with Crippen molar-refractivity contribution in [3.8, 4) is 5.75 Å². The van der Waals surface area contributed by atoms with Crippen molar-refractivity contribution in [1.82, 2.24) is 9.97 Å². The lowest BCUT2D eigenvalue weighted by molar-refractivity contribution is -0.384. The molecule has 0 bridgehead atoms. The number of thiazole rings is 1. The molecule has 1 saturated heterocycles. The Morgan fingerprint density at radius 2 is 1.88 bits per heavy atom.